The average molecular weight is 326 g/mol. The Morgan fingerprint density at radius 2 is 1.91 bits per heavy atom. The molecule has 0 spiro atoms. The fraction of sp³-hybridized carbons (Fsp3) is 0.222. The molecule has 116 valence electrons. The van der Waals surface area contributed by atoms with E-state index in [1.807, 2.05) is 42.5 Å². The molecule has 0 saturated carbocycles. The molecule has 0 aliphatic heterocycles. The van der Waals surface area contributed by atoms with Crippen molar-refractivity contribution in [3.05, 3.63) is 59.4 Å². The molecule has 0 amide bonds. The summed E-state index contributed by atoms with van der Waals surface area (Å²) >= 11 is 6.12. The summed E-state index contributed by atoms with van der Waals surface area (Å²) in [5, 5.41) is 9.33. The van der Waals surface area contributed by atoms with Gasteiger partial charge in [-0.15, -0.1) is 0 Å². The van der Waals surface area contributed by atoms with Crippen molar-refractivity contribution >= 4 is 22.6 Å². The summed E-state index contributed by atoms with van der Waals surface area (Å²) in [5.41, 5.74) is 1.99. The molecular weight excluding hydrogens is 310 g/mol. The second-order valence-corrected chi connectivity index (χ2v) is 5.56. The topological polar surface area (TPSA) is 50.8 Å². The second kappa shape index (κ2) is 7.17. The molecule has 0 radical (unpaired) electrons. The van der Waals surface area contributed by atoms with E-state index in [2.05, 4.69) is 15.6 Å². The van der Waals surface area contributed by atoms with Crippen molar-refractivity contribution in [3.63, 3.8) is 0 Å². The largest absolute Gasteiger partial charge is 0.484 e. The van der Waals surface area contributed by atoms with Crippen molar-refractivity contribution in [2.75, 3.05) is 0 Å². The van der Waals surface area contributed by atoms with Crippen molar-refractivity contribution in [2.45, 2.75) is 26.0 Å². The van der Waals surface area contributed by atoms with Crippen LogP contribution in [-0.4, -0.2) is 9.55 Å². The molecular formula is C18H16ClN3O. The Balaban J connectivity index is 1.85. The minimum absolute atomic E-state index is 0.338. The molecule has 0 unspecified atom stereocenters. The molecule has 3 rings (SSSR count). The minimum Gasteiger partial charge on any atom is -0.484 e. The quantitative estimate of drug-likeness (QED) is 0.624. The van der Waals surface area contributed by atoms with Crippen LogP contribution in [0.2, 0.25) is 5.02 Å². The summed E-state index contributed by atoms with van der Waals surface area (Å²) in [6.45, 7) is 1.08. The molecule has 1 aromatic heterocycles. The number of hydrogen-bond donors (Lipinski definition) is 0. The van der Waals surface area contributed by atoms with Gasteiger partial charge in [0, 0.05) is 13.0 Å². The Labute approximate surface area is 139 Å². The van der Waals surface area contributed by atoms with Gasteiger partial charge >= 0.3 is 0 Å². The number of hydrogen-bond acceptors (Lipinski definition) is 3. The van der Waals surface area contributed by atoms with E-state index in [0.717, 1.165) is 29.8 Å². The predicted octanol–water partition coefficient (Wildman–Crippen LogP) is 4.57. The summed E-state index contributed by atoms with van der Waals surface area (Å²) in [6, 6.07) is 17.5. The highest BCUT2D eigenvalue weighted by atomic mass is 35.5. The Morgan fingerprint density at radius 1 is 1.13 bits per heavy atom. The lowest BCUT2D eigenvalue weighted by Crippen LogP contribution is -2.07. The van der Waals surface area contributed by atoms with E-state index in [1.165, 1.54) is 0 Å². The van der Waals surface area contributed by atoms with Crippen LogP contribution in [0, 0.1) is 11.3 Å². The van der Waals surface area contributed by atoms with Crippen molar-refractivity contribution in [3.8, 4) is 11.8 Å². The first kappa shape index (κ1) is 15.4. The van der Waals surface area contributed by atoms with E-state index in [4.69, 9.17) is 21.6 Å². The summed E-state index contributed by atoms with van der Waals surface area (Å²) < 4.78 is 7.93. The number of ether oxygens (including phenoxy) is 1. The Hall–Kier alpha value is -2.51. The van der Waals surface area contributed by atoms with E-state index >= 15 is 0 Å². The van der Waals surface area contributed by atoms with Crippen LogP contribution in [0.15, 0.2) is 48.5 Å². The van der Waals surface area contributed by atoms with Gasteiger partial charge in [0.05, 0.1) is 22.1 Å². The number of rotatable bonds is 6. The SMILES string of the molecule is N#CCCCn1c(COc2ccccc2Cl)nc2ccccc21. The van der Waals surface area contributed by atoms with Crippen LogP contribution in [0.25, 0.3) is 11.0 Å². The van der Waals surface area contributed by atoms with Gasteiger partial charge in [-0.2, -0.15) is 5.26 Å². The number of unbranched alkanes of at least 4 members (excludes halogenated alkanes) is 1. The lowest BCUT2D eigenvalue weighted by molar-refractivity contribution is 0.290. The molecule has 23 heavy (non-hydrogen) atoms. The van der Waals surface area contributed by atoms with E-state index in [9.17, 15) is 0 Å². The highest BCUT2D eigenvalue weighted by Crippen LogP contribution is 2.25. The lowest BCUT2D eigenvalue weighted by Gasteiger charge is -2.10. The number of nitriles is 1. The molecule has 0 N–H and O–H groups in total. The van der Waals surface area contributed by atoms with Crippen LogP contribution >= 0.6 is 11.6 Å². The van der Waals surface area contributed by atoms with E-state index in [1.54, 1.807) is 6.07 Å². The maximum Gasteiger partial charge on any atom is 0.147 e. The van der Waals surface area contributed by atoms with Crippen LogP contribution in [0.3, 0.4) is 0 Å². The second-order valence-electron chi connectivity index (χ2n) is 5.15. The molecule has 0 aliphatic rings. The summed E-state index contributed by atoms with van der Waals surface area (Å²) in [4.78, 5) is 4.65. The van der Waals surface area contributed by atoms with Crippen molar-refractivity contribution < 1.29 is 4.74 Å². The van der Waals surface area contributed by atoms with Crippen LogP contribution in [0.1, 0.15) is 18.7 Å². The summed E-state index contributed by atoms with van der Waals surface area (Å²) in [7, 11) is 0. The highest BCUT2D eigenvalue weighted by Gasteiger charge is 2.11. The van der Waals surface area contributed by atoms with E-state index in [0.29, 0.717) is 23.8 Å². The van der Waals surface area contributed by atoms with Crippen molar-refractivity contribution in [1.82, 2.24) is 9.55 Å². The molecule has 0 bridgehead atoms. The molecule has 3 aromatic rings. The monoisotopic (exact) mass is 325 g/mol. The Kier molecular flexibility index (Phi) is 4.80. The van der Waals surface area contributed by atoms with Gasteiger partial charge in [-0.3, -0.25) is 0 Å². The number of imidazole rings is 1. The van der Waals surface area contributed by atoms with Crippen LogP contribution in [0.4, 0.5) is 0 Å². The third kappa shape index (κ3) is 3.46. The normalized spacial score (nSPS) is 10.6. The number of fused-ring (bicyclic) bond motifs is 1. The zero-order valence-corrected chi connectivity index (χ0v) is 13.3. The standard InChI is InChI=1S/C18H16ClN3O/c19-14-7-1-4-10-17(14)23-13-18-21-15-8-2-3-9-16(15)22(18)12-6-5-11-20/h1-4,7-10H,5-6,12-13H2. The minimum atomic E-state index is 0.338. The van der Waals surface area contributed by atoms with Gasteiger partial charge in [0.1, 0.15) is 18.2 Å². The number of aryl methyl sites for hydroxylation is 1. The maximum absolute atomic E-state index is 8.75. The van der Waals surface area contributed by atoms with Gasteiger partial charge in [0.15, 0.2) is 0 Å². The predicted molar refractivity (Wildman–Crippen MR) is 90.4 cm³/mol. The fourth-order valence-electron chi connectivity index (χ4n) is 2.51. The molecule has 5 heteroatoms. The Morgan fingerprint density at radius 3 is 2.74 bits per heavy atom. The van der Waals surface area contributed by atoms with Crippen LogP contribution < -0.4 is 4.74 Å². The van der Waals surface area contributed by atoms with Crippen LogP contribution in [0.5, 0.6) is 5.75 Å². The molecule has 4 nitrogen and oxygen atoms in total. The van der Waals surface area contributed by atoms with Gasteiger partial charge in [-0.05, 0) is 30.7 Å². The number of benzene rings is 2. The molecule has 0 aliphatic carbocycles. The fourth-order valence-corrected chi connectivity index (χ4v) is 2.70. The zero-order valence-electron chi connectivity index (χ0n) is 12.6. The smallest absolute Gasteiger partial charge is 0.147 e. The van der Waals surface area contributed by atoms with Gasteiger partial charge in [-0.1, -0.05) is 35.9 Å². The third-order valence-corrected chi connectivity index (χ3v) is 3.91. The van der Waals surface area contributed by atoms with Gasteiger partial charge in [0.2, 0.25) is 0 Å². The first-order chi connectivity index (χ1) is 11.3. The summed E-state index contributed by atoms with van der Waals surface area (Å²) in [5.74, 6) is 1.48. The molecule has 0 saturated heterocycles. The highest BCUT2D eigenvalue weighted by molar-refractivity contribution is 6.32. The van der Waals surface area contributed by atoms with Crippen LogP contribution in [-0.2, 0) is 13.2 Å². The molecule has 2 aromatic carbocycles. The van der Waals surface area contributed by atoms with Crippen molar-refractivity contribution in [1.29, 1.82) is 5.26 Å². The number of para-hydroxylation sites is 3. The number of halogens is 1. The Bertz CT molecular complexity index is 851. The zero-order chi connectivity index (χ0) is 16.1. The molecule has 0 fully saturated rings. The van der Waals surface area contributed by atoms with Gasteiger partial charge < -0.3 is 9.30 Å². The first-order valence-electron chi connectivity index (χ1n) is 7.48. The number of nitrogens with zero attached hydrogens (tertiary/aromatic N) is 3. The van der Waals surface area contributed by atoms with E-state index < -0.39 is 0 Å². The van der Waals surface area contributed by atoms with Crippen molar-refractivity contribution in [2.24, 2.45) is 0 Å². The van der Waals surface area contributed by atoms with Gasteiger partial charge in [-0.25, -0.2) is 4.98 Å². The average Bonchev–Trinajstić information content (AvgIpc) is 2.92. The molecule has 1 heterocycles. The molecule has 0 atom stereocenters. The first-order valence-corrected chi connectivity index (χ1v) is 7.86. The maximum atomic E-state index is 8.75. The third-order valence-electron chi connectivity index (χ3n) is 3.60. The van der Waals surface area contributed by atoms with E-state index in [-0.39, 0.29) is 0 Å². The number of aromatic nitrogens is 2. The summed E-state index contributed by atoms with van der Waals surface area (Å²) in [6.07, 6.45) is 1.31. The van der Waals surface area contributed by atoms with Gasteiger partial charge in [0.25, 0.3) is 0 Å². The lowest BCUT2D eigenvalue weighted by atomic mass is 10.3.